The van der Waals surface area contributed by atoms with E-state index in [4.69, 9.17) is 4.98 Å². The molecule has 27 heavy (non-hydrogen) atoms. The van der Waals surface area contributed by atoms with Gasteiger partial charge in [-0.1, -0.05) is 43.7 Å². The predicted molar refractivity (Wildman–Crippen MR) is 105 cm³/mol. The van der Waals surface area contributed by atoms with Gasteiger partial charge in [0.2, 0.25) is 10.0 Å². The van der Waals surface area contributed by atoms with E-state index in [0.717, 1.165) is 30.5 Å². The molecule has 1 fully saturated rings. The first kappa shape index (κ1) is 18.4. The van der Waals surface area contributed by atoms with Crippen molar-refractivity contribution in [3.63, 3.8) is 0 Å². The molecule has 1 saturated heterocycles. The smallest absolute Gasteiger partial charge is 0.254 e. The first-order valence-corrected chi connectivity index (χ1v) is 11.3. The third-order valence-corrected chi connectivity index (χ3v) is 7.69. The van der Waals surface area contributed by atoms with Crippen molar-refractivity contribution in [2.75, 3.05) is 5.75 Å². The van der Waals surface area contributed by atoms with Crippen LogP contribution in [-0.2, 0) is 22.9 Å². The molecular weight excluding hydrogens is 362 g/mol. The van der Waals surface area contributed by atoms with Crippen LogP contribution in [0.4, 0.5) is 0 Å². The van der Waals surface area contributed by atoms with Crippen LogP contribution in [0.5, 0.6) is 0 Å². The van der Waals surface area contributed by atoms with Crippen LogP contribution in [0.2, 0.25) is 0 Å². The number of aromatic nitrogens is 2. The average Bonchev–Trinajstić information content (AvgIpc) is 2.97. The number of benzene rings is 1. The van der Waals surface area contributed by atoms with E-state index in [1.54, 1.807) is 4.31 Å². The maximum atomic E-state index is 12.9. The first-order chi connectivity index (χ1) is 13.0. The molecule has 1 aromatic carbocycles. The number of hydrogen-bond acceptors (Lipinski definition) is 4. The van der Waals surface area contributed by atoms with Crippen molar-refractivity contribution in [2.45, 2.75) is 57.5 Å². The van der Waals surface area contributed by atoms with Gasteiger partial charge in [0.05, 0.1) is 11.4 Å². The summed E-state index contributed by atoms with van der Waals surface area (Å²) in [6.07, 6.45) is 4.14. The molecule has 2 aliphatic heterocycles. The van der Waals surface area contributed by atoms with E-state index in [2.05, 4.69) is 4.98 Å². The summed E-state index contributed by atoms with van der Waals surface area (Å²) < 4.78 is 27.5. The second-order valence-corrected chi connectivity index (χ2v) is 9.49. The lowest BCUT2D eigenvalue weighted by atomic mass is 9.98. The molecular formula is C20H25N3O3S. The lowest BCUT2D eigenvalue weighted by Gasteiger charge is -2.27. The third-order valence-electron chi connectivity index (χ3n) is 5.65. The van der Waals surface area contributed by atoms with Gasteiger partial charge in [0.15, 0.2) is 0 Å². The molecule has 1 N–H and O–H groups in total. The minimum Gasteiger partial charge on any atom is -0.306 e. The van der Waals surface area contributed by atoms with Gasteiger partial charge in [-0.05, 0) is 25.7 Å². The number of aromatic amines is 1. The fraction of sp³-hybridized carbons (Fsp3) is 0.500. The van der Waals surface area contributed by atoms with Crippen molar-refractivity contribution < 1.29 is 8.42 Å². The van der Waals surface area contributed by atoms with Crippen LogP contribution in [0.3, 0.4) is 0 Å². The van der Waals surface area contributed by atoms with E-state index in [9.17, 15) is 13.2 Å². The van der Waals surface area contributed by atoms with Crippen molar-refractivity contribution in [1.82, 2.24) is 14.3 Å². The van der Waals surface area contributed by atoms with E-state index in [1.165, 1.54) is 0 Å². The summed E-state index contributed by atoms with van der Waals surface area (Å²) in [7, 11) is -3.30. The Bertz CT molecular complexity index is 985. The Hall–Kier alpha value is -1.99. The number of sulfonamides is 1. The molecule has 3 heterocycles. The number of fused-ring (bicyclic) bond motifs is 3. The first-order valence-electron chi connectivity index (χ1n) is 9.68. The van der Waals surface area contributed by atoms with Gasteiger partial charge in [-0.25, -0.2) is 13.4 Å². The average molecular weight is 388 g/mol. The molecule has 0 saturated carbocycles. The SMILES string of the molecule is CCCCS(=O)(=O)N1[C@@H]2CC[C@H]1Cc1nc(-c3ccccc3)[nH]c(=O)c1C2. The Morgan fingerprint density at radius 1 is 1.15 bits per heavy atom. The molecule has 0 unspecified atom stereocenters. The molecule has 2 aromatic rings. The summed E-state index contributed by atoms with van der Waals surface area (Å²) in [4.78, 5) is 20.4. The molecule has 2 bridgehead atoms. The highest BCUT2D eigenvalue weighted by Gasteiger charge is 2.44. The largest absolute Gasteiger partial charge is 0.306 e. The number of nitrogens with one attached hydrogen (secondary N) is 1. The van der Waals surface area contributed by atoms with Crippen LogP contribution >= 0.6 is 0 Å². The molecule has 2 atom stereocenters. The number of nitrogens with zero attached hydrogens (tertiary/aromatic N) is 2. The Balaban J connectivity index is 1.71. The van der Waals surface area contributed by atoms with Crippen LogP contribution < -0.4 is 5.56 Å². The maximum Gasteiger partial charge on any atom is 0.254 e. The van der Waals surface area contributed by atoms with Gasteiger partial charge in [0.25, 0.3) is 5.56 Å². The van der Waals surface area contributed by atoms with Crippen molar-refractivity contribution in [3.05, 3.63) is 51.9 Å². The number of hydrogen-bond donors (Lipinski definition) is 1. The zero-order valence-corrected chi connectivity index (χ0v) is 16.3. The van der Waals surface area contributed by atoms with Crippen LogP contribution in [0.1, 0.15) is 43.9 Å². The topological polar surface area (TPSA) is 83.1 Å². The zero-order chi connectivity index (χ0) is 19.0. The molecule has 0 amide bonds. The van der Waals surface area contributed by atoms with Crippen LogP contribution in [-0.4, -0.2) is 40.5 Å². The van der Waals surface area contributed by atoms with Gasteiger partial charge in [0.1, 0.15) is 5.82 Å². The summed E-state index contributed by atoms with van der Waals surface area (Å²) in [5.41, 5.74) is 2.12. The Morgan fingerprint density at radius 2 is 1.85 bits per heavy atom. The number of unbranched alkanes of at least 4 members (excludes halogenated alkanes) is 1. The van der Waals surface area contributed by atoms with E-state index in [-0.39, 0.29) is 23.4 Å². The monoisotopic (exact) mass is 387 g/mol. The standard InChI is InChI=1S/C20H25N3O3S/c1-2-3-11-27(25,26)23-15-9-10-16(23)13-18-17(12-15)20(24)22-19(21-18)14-7-5-4-6-8-14/h4-8,15-16H,2-3,9-13H2,1H3,(H,21,22,24)/t15-,16+/m1/s1. The lowest BCUT2D eigenvalue weighted by molar-refractivity contribution is 0.327. The van der Waals surface area contributed by atoms with Crippen molar-refractivity contribution in [3.8, 4) is 11.4 Å². The van der Waals surface area contributed by atoms with Crippen molar-refractivity contribution in [2.24, 2.45) is 0 Å². The quantitative estimate of drug-likeness (QED) is 0.854. The Kier molecular flexibility index (Phi) is 4.90. The lowest BCUT2D eigenvalue weighted by Crippen LogP contribution is -2.43. The van der Waals surface area contributed by atoms with Gasteiger partial charge in [-0.2, -0.15) is 4.31 Å². The summed E-state index contributed by atoms with van der Waals surface area (Å²) >= 11 is 0. The highest BCUT2D eigenvalue weighted by Crippen LogP contribution is 2.35. The van der Waals surface area contributed by atoms with Gasteiger partial charge in [-0.3, -0.25) is 4.79 Å². The molecule has 0 radical (unpaired) electrons. The molecule has 2 aliphatic rings. The Morgan fingerprint density at radius 3 is 2.56 bits per heavy atom. The maximum absolute atomic E-state index is 12.9. The number of H-pyrrole nitrogens is 1. The fourth-order valence-electron chi connectivity index (χ4n) is 4.32. The summed E-state index contributed by atoms with van der Waals surface area (Å²) in [5, 5.41) is 0. The van der Waals surface area contributed by atoms with Gasteiger partial charge < -0.3 is 4.98 Å². The van der Waals surface area contributed by atoms with Gasteiger partial charge >= 0.3 is 0 Å². The van der Waals surface area contributed by atoms with Crippen LogP contribution in [0, 0.1) is 0 Å². The molecule has 0 spiro atoms. The minimum atomic E-state index is -3.30. The molecule has 1 aromatic heterocycles. The second kappa shape index (κ2) is 7.20. The molecule has 6 nitrogen and oxygen atoms in total. The van der Waals surface area contributed by atoms with E-state index < -0.39 is 10.0 Å². The normalized spacial score (nSPS) is 22.4. The predicted octanol–water partition coefficient (Wildman–Crippen LogP) is 2.50. The minimum absolute atomic E-state index is 0.0870. The van der Waals surface area contributed by atoms with Crippen molar-refractivity contribution >= 4 is 10.0 Å². The molecule has 7 heteroatoms. The summed E-state index contributed by atoms with van der Waals surface area (Å²) in [6, 6.07) is 9.35. The van der Waals surface area contributed by atoms with Gasteiger partial charge in [0, 0.05) is 29.6 Å². The highest BCUT2D eigenvalue weighted by molar-refractivity contribution is 7.89. The van der Waals surface area contributed by atoms with Gasteiger partial charge in [-0.15, -0.1) is 0 Å². The fourth-order valence-corrected chi connectivity index (χ4v) is 6.46. The van der Waals surface area contributed by atoms with E-state index in [1.807, 2.05) is 37.3 Å². The van der Waals surface area contributed by atoms with E-state index in [0.29, 0.717) is 30.7 Å². The van der Waals surface area contributed by atoms with Crippen LogP contribution in [0.15, 0.2) is 35.1 Å². The summed E-state index contributed by atoms with van der Waals surface area (Å²) in [6.45, 7) is 2.00. The molecule has 144 valence electrons. The second-order valence-electron chi connectivity index (χ2n) is 7.50. The molecule has 0 aliphatic carbocycles. The Labute approximate surface area is 159 Å². The number of rotatable bonds is 5. The third kappa shape index (κ3) is 3.46. The van der Waals surface area contributed by atoms with Crippen molar-refractivity contribution in [1.29, 1.82) is 0 Å². The summed E-state index contributed by atoms with van der Waals surface area (Å²) in [5.74, 6) is 0.740. The molecule has 4 rings (SSSR count). The zero-order valence-electron chi connectivity index (χ0n) is 15.5. The van der Waals surface area contributed by atoms with E-state index >= 15 is 0 Å². The highest BCUT2D eigenvalue weighted by atomic mass is 32.2. The van der Waals surface area contributed by atoms with Crippen LogP contribution in [0.25, 0.3) is 11.4 Å².